The van der Waals surface area contributed by atoms with Crippen molar-refractivity contribution in [3.8, 4) is 39.7 Å². The lowest BCUT2D eigenvalue weighted by Crippen LogP contribution is -2.40. The third-order valence-corrected chi connectivity index (χ3v) is 9.16. The molecule has 3 aromatic carbocycles. The van der Waals surface area contributed by atoms with Gasteiger partial charge in [-0.2, -0.15) is 5.26 Å². The Morgan fingerprint density at radius 3 is 1.98 bits per heavy atom. The first-order chi connectivity index (χ1) is 24.7. The zero-order valence-electron chi connectivity index (χ0n) is 29.0. The van der Waals surface area contributed by atoms with Crippen LogP contribution >= 0.6 is 0 Å². The molecular weight excluding hydrogens is 646 g/mol. The van der Waals surface area contributed by atoms with Crippen molar-refractivity contribution in [3.05, 3.63) is 84.7 Å². The van der Waals surface area contributed by atoms with E-state index in [4.69, 9.17) is 0 Å². The van der Waals surface area contributed by atoms with E-state index in [1.807, 2.05) is 23.2 Å². The normalized spacial score (nSPS) is 13.0. The van der Waals surface area contributed by atoms with Gasteiger partial charge in [0.05, 0.1) is 56.6 Å². The first kappa shape index (κ1) is 34.8. The van der Waals surface area contributed by atoms with Crippen LogP contribution < -0.4 is 10.6 Å². The number of amides is 3. The van der Waals surface area contributed by atoms with Crippen LogP contribution in [0.4, 0.5) is 4.79 Å². The number of imidazole rings is 2. The number of hydrogen-bond donors (Lipinski definition) is 4. The number of carbonyl (C=O) groups excluding carboxylic acids is 3. The van der Waals surface area contributed by atoms with Gasteiger partial charge in [-0.3, -0.25) is 9.59 Å². The van der Waals surface area contributed by atoms with Gasteiger partial charge in [0.2, 0.25) is 11.8 Å². The number of ether oxygens (including phenoxy) is 1. The maximum Gasteiger partial charge on any atom is 0.407 e. The number of rotatable bonds is 14. The van der Waals surface area contributed by atoms with Gasteiger partial charge in [0.25, 0.3) is 0 Å². The monoisotopic (exact) mass is 687 g/mol. The summed E-state index contributed by atoms with van der Waals surface area (Å²) in [6.45, 7) is 3.37. The molecule has 0 aliphatic heterocycles. The van der Waals surface area contributed by atoms with Crippen LogP contribution in [0.25, 0.3) is 44.4 Å². The minimum atomic E-state index is -0.723. The average Bonchev–Trinajstić information content (AvgIpc) is 3.46. The Kier molecular flexibility index (Phi) is 10.4. The van der Waals surface area contributed by atoms with E-state index in [1.54, 1.807) is 13.2 Å². The van der Waals surface area contributed by atoms with Crippen LogP contribution in [0, 0.1) is 16.7 Å². The van der Waals surface area contributed by atoms with Gasteiger partial charge in [-0.1, -0.05) is 55.5 Å². The van der Waals surface area contributed by atoms with Gasteiger partial charge in [0, 0.05) is 12.1 Å². The van der Waals surface area contributed by atoms with Crippen LogP contribution in [0.1, 0.15) is 31.4 Å². The molecule has 0 saturated heterocycles. The molecule has 51 heavy (non-hydrogen) atoms. The van der Waals surface area contributed by atoms with E-state index in [9.17, 15) is 19.6 Å². The predicted octanol–water partition coefficient (Wildman–Crippen LogP) is 4.84. The molecule has 2 heterocycles. The third-order valence-electron chi connectivity index (χ3n) is 9.16. The summed E-state index contributed by atoms with van der Waals surface area (Å²) >= 11 is 0. The summed E-state index contributed by atoms with van der Waals surface area (Å²) in [4.78, 5) is 55.5. The molecule has 5 aromatic rings. The topological polar surface area (TPSA) is 172 Å². The second-order valence-electron chi connectivity index (χ2n) is 13.2. The zero-order valence-corrected chi connectivity index (χ0v) is 29.0. The minimum Gasteiger partial charge on any atom is -0.453 e. The van der Waals surface area contributed by atoms with Crippen molar-refractivity contribution in [3.63, 3.8) is 0 Å². The molecule has 0 atom stereocenters. The highest BCUT2D eigenvalue weighted by molar-refractivity contribution is 5.90. The lowest BCUT2D eigenvalue weighted by atomic mass is 9.98. The van der Waals surface area contributed by atoms with Crippen LogP contribution in [-0.4, -0.2) is 88.0 Å². The summed E-state index contributed by atoms with van der Waals surface area (Å²) < 4.78 is 4.50. The van der Waals surface area contributed by atoms with Gasteiger partial charge < -0.3 is 35.1 Å². The van der Waals surface area contributed by atoms with Crippen molar-refractivity contribution in [2.24, 2.45) is 5.41 Å². The molecule has 1 fully saturated rings. The number of aromatic amines is 2. The van der Waals surface area contributed by atoms with Crippen LogP contribution in [-0.2, 0) is 27.4 Å². The smallest absolute Gasteiger partial charge is 0.407 e. The molecular formula is C38H41N9O4. The van der Waals surface area contributed by atoms with E-state index in [2.05, 4.69) is 96.8 Å². The molecule has 2 aromatic heterocycles. The zero-order chi connectivity index (χ0) is 36.0. The fourth-order valence-corrected chi connectivity index (χ4v) is 5.95. The van der Waals surface area contributed by atoms with E-state index in [-0.39, 0.29) is 31.0 Å². The number of carbonyl (C=O) groups is 3. The summed E-state index contributed by atoms with van der Waals surface area (Å²) in [5.74, 6) is 0.931. The molecule has 13 heteroatoms. The Hall–Kier alpha value is -6.00. The minimum absolute atomic E-state index is 0.0768. The van der Waals surface area contributed by atoms with E-state index < -0.39 is 12.0 Å². The standard InChI is InChI=1S/C38H41N9O4/c1-38(12-13-38)24-47(35(48)20-40-2)23-34-41-18-31(44-34)26-6-4-25(5-7-26)27-8-9-29-17-30(11-10-28(29)16-27)32-19-42-33(45-32)22-46(15-14-39)36(49)21-43-37(50)51-3/h4-11,16-19,40H,12-13,15,20-24H2,1-3H3,(H,41,44)(H,42,45)(H,43,50). The second kappa shape index (κ2) is 15.3. The first-order valence-corrected chi connectivity index (χ1v) is 16.8. The number of H-pyrrole nitrogens is 2. The SMILES string of the molecule is CNCC(=O)N(Cc1ncc(-c2ccc(-c3ccc4cc(-c5cnc(CN(CC#N)C(=O)CNC(=O)OC)[nH]5)ccc4c3)cc2)[nH]1)CC1(C)CC1. The van der Waals surface area contributed by atoms with E-state index >= 15 is 0 Å². The largest absolute Gasteiger partial charge is 0.453 e. The molecule has 0 bridgehead atoms. The maximum absolute atomic E-state index is 12.8. The fourth-order valence-electron chi connectivity index (χ4n) is 5.95. The molecule has 4 N–H and O–H groups in total. The summed E-state index contributed by atoms with van der Waals surface area (Å²) in [6.07, 6.45) is 5.10. The van der Waals surface area contributed by atoms with Gasteiger partial charge in [-0.25, -0.2) is 14.8 Å². The lowest BCUT2D eigenvalue weighted by molar-refractivity contribution is -0.132. The fraction of sp³-hybridized carbons (Fsp3) is 0.316. The number of alkyl carbamates (subject to hydrolysis) is 1. The third kappa shape index (κ3) is 8.60. The van der Waals surface area contributed by atoms with Gasteiger partial charge in [-0.05, 0) is 64.9 Å². The van der Waals surface area contributed by atoms with E-state index in [0.717, 1.165) is 69.6 Å². The highest BCUT2D eigenvalue weighted by Crippen LogP contribution is 2.45. The molecule has 1 saturated carbocycles. The Balaban J connectivity index is 1.11. The number of nitriles is 1. The van der Waals surface area contributed by atoms with Gasteiger partial charge in [-0.15, -0.1) is 0 Å². The first-order valence-electron chi connectivity index (χ1n) is 16.8. The summed E-state index contributed by atoms with van der Waals surface area (Å²) in [5, 5.41) is 16.7. The van der Waals surface area contributed by atoms with Gasteiger partial charge >= 0.3 is 6.09 Å². The summed E-state index contributed by atoms with van der Waals surface area (Å²) in [6, 6.07) is 22.8. The number of hydrogen-bond acceptors (Lipinski definition) is 8. The molecule has 0 unspecified atom stereocenters. The van der Waals surface area contributed by atoms with Crippen molar-refractivity contribution in [1.82, 2.24) is 40.4 Å². The number of benzene rings is 3. The van der Waals surface area contributed by atoms with Crippen LogP contribution in [0.5, 0.6) is 0 Å². The van der Waals surface area contributed by atoms with Crippen LogP contribution in [0.15, 0.2) is 73.1 Å². The van der Waals surface area contributed by atoms with Crippen molar-refractivity contribution < 1.29 is 19.1 Å². The molecule has 1 aliphatic carbocycles. The Labute approximate surface area is 296 Å². The number of nitrogens with zero attached hydrogens (tertiary/aromatic N) is 5. The summed E-state index contributed by atoms with van der Waals surface area (Å²) in [7, 11) is 3.00. The van der Waals surface area contributed by atoms with E-state index in [0.29, 0.717) is 18.9 Å². The number of fused-ring (bicyclic) bond motifs is 1. The molecule has 262 valence electrons. The molecule has 0 radical (unpaired) electrons. The Bertz CT molecular complexity index is 2070. The molecule has 3 amide bonds. The average molecular weight is 688 g/mol. The summed E-state index contributed by atoms with van der Waals surface area (Å²) in [5.41, 5.74) is 6.02. The van der Waals surface area contributed by atoms with E-state index in [1.165, 1.54) is 12.0 Å². The molecule has 0 spiro atoms. The van der Waals surface area contributed by atoms with Crippen LogP contribution in [0.2, 0.25) is 0 Å². The highest BCUT2D eigenvalue weighted by atomic mass is 16.5. The van der Waals surface area contributed by atoms with Gasteiger partial charge in [0.1, 0.15) is 24.7 Å². The second-order valence-corrected chi connectivity index (χ2v) is 13.2. The van der Waals surface area contributed by atoms with Gasteiger partial charge in [0.15, 0.2) is 0 Å². The Morgan fingerprint density at radius 1 is 0.824 bits per heavy atom. The number of methoxy groups -OCH3 is 1. The van der Waals surface area contributed by atoms with Crippen molar-refractivity contribution in [2.75, 3.05) is 40.3 Å². The number of aromatic nitrogens is 4. The van der Waals surface area contributed by atoms with Crippen molar-refractivity contribution in [1.29, 1.82) is 5.26 Å². The lowest BCUT2D eigenvalue weighted by Gasteiger charge is -2.25. The maximum atomic E-state index is 12.8. The highest BCUT2D eigenvalue weighted by Gasteiger charge is 2.40. The van der Waals surface area contributed by atoms with Crippen molar-refractivity contribution >= 4 is 28.7 Å². The van der Waals surface area contributed by atoms with Crippen molar-refractivity contribution in [2.45, 2.75) is 32.9 Å². The number of nitrogens with one attached hydrogen (secondary N) is 4. The molecule has 6 rings (SSSR count). The predicted molar refractivity (Wildman–Crippen MR) is 193 cm³/mol. The number of likely N-dealkylation sites (N-methyl/N-ethyl adjacent to an activating group) is 1. The Morgan fingerprint density at radius 2 is 1.37 bits per heavy atom. The quantitative estimate of drug-likeness (QED) is 0.120. The molecule has 1 aliphatic rings. The van der Waals surface area contributed by atoms with Crippen LogP contribution in [0.3, 0.4) is 0 Å². The molecule has 13 nitrogen and oxygen atoms in total.